The molecule has 1 aliphatic heterocycles. The van der Waals surface area contributed by atoms with Crippen LogP contribution in [0.15, 0.2) is 0 Å². The van der Waals surface area contributed by atoms with Gasteiger partial charge in [0.15, 0.2) is 0 Å². The summed E-state index contributed by atoms with van der Waals surface area (Å²) in [6.07, 6.45) is 2.16. The van der Waals surface area contributed by atoms with E-state index in [2.05, 4.69) is 26.1 Å². The van der Waals surface area contributed by atoms with E-state index >= 15 is 0 Å². The number of hydrogen-bond acceptors (Lipinski definition) is 3. The van der Waals surface area contributed by atoms with E-state index in [4.69, 9.17) is 0 Å². The van der Waals surface area contributed by atoms with Crippen molar-refractivity contribution < 1.29 is 8.42 Å². The third kappa shape index (κ3) is 4.21. The molecule has 0 aromatic rings. The molecule has 1 fully saturated rings. The second-order valence-electron chi connectivity index (χ2n) is 5.69. The molecule has 1 heterocycles. The van der Waals surface area contributed by atoms with Crippen LogP contribution in [0, 0.1) is 11.8 Å². The molecule has 108 valence electrons. The third-order valence-electron chi connectivity index (χ3n) is 3.86. The first-order valence-electron chi connectivity index (χ1n) is 7.08. The van der Waals surface area contributed by atoms with Crippen LogP contribution in [0.5, 0.6) is 0 Å². The highest BCUT2D eigenvalue weighted by molar-refractivity contribution is 7.89. The highest BCUT2D eigenvalue weighted by Crippen LogP contribution is 2.28. The van der Waals surface area contributed by atoms with Crippen LogP contribution in [0.4, 0.5) is 0 Å². The first-order chi connectivity index (χ1) is 8.38. The highest BCUT2D eigenvalue weighted by Gasteiger charge is 2.35. The van der Waals surface area contributed by atoms with Crippen LogP contribution >= 0.6 is 0 Å². The summed E-state index contributed by atoms with van der Waals surface area (Å²) in [6.45, 7) is 10.5. The molecular weight excluding hydrogens is 248 g/mol. The van der Waals surface area contributed by atoms with E-state index in [1.54, 1.807) is 4.31 Å². The molecule has 0 saturated carbocycles. The summed E-state index contributed by atoms with van der Waals surface area (Å²) >= 11 is 0. The van der Waals surface area contributed by atoms with Crippen LogP contribution < -0.4 is 5.32 Å². The van der Waals surface area contributed by atoms with Crippen molar-refractivity contribution in [3.05, 3.63) is 0 Å². The molecule has 4 nitrogen and oxygen atoms in total. The highest BCUT2D eigenvalue weighted by atomic mass is 32.2. The van der Waals surface area contributed by atoms with Gasteiger partial charge in [0, 0.05) is 19.1 Å². The van der Waals surface area contributed by atoms with Crippen molar-refractivity contribution >= 4 is 10.0 Å². The monoisotopic (exact) mass is 276 g/mol. The number of sulfonamides is 1. The number of hydrogen-bond donors (Lipinski definition) is 1. The van der Waals surface area contributed by atoms with Crippen LogP contribution in [0.3, 0.4) is 0 Å². The summed E-state index contributed by atoms with van der Waals surface area (Å²) in [7, 11) is -3.11. The Hall–Kier alpha value is -0.130. The maximum atomic E-state index is 12.3. The van der Waals surface area contributed by atoms with Gasteiger partial charge in [-0.1, -0.05) is 20.8 Å². The largest absolute Gasteiger partial charge is 0.316 e. The van der Waals surface area contributed by atoms with E-state index < -0.39 is 10.0 Å². The maximum Gasteiger partial charge on any atom is 0.215 e. The second kappa shape index (κ2) is 6.87. The van der Waals surface area contributed by atoms with Gasteiger partial charge in [-0.2, -0.15) is 4.31 Å². The lowest BCUT2D eigenvalue weighted by atomic mass is 9.88. The molecule has 3 atom stereocenters. The average molecular weight is 276 g/mol. The SMILES string of the molecule is CCCNCCS(=O)(=O)N1CC(C)CC(C)C1C. The summed E-state index contributed by atoms with van der Waals surface area (Å²) in [5, 5.41) is 3.16. The van der Waals surface area contributed by atoms with Gasteiger partial charge in [-0.15, -0.1) is 0 Å². The maximum absolute atomic E-state index is 12.3. The normalized spacial score (nSPS) is 30.6. The standard InChI is InChI=1S/C13H28N2O2S/c1-5-6-14-7-8-18(16,17)15-10-11(2)9-12(3)13(15)4/h11-14H,5-10H2,1-4H3. The van der Waals surface area contributed by atoms with Gasteiger partial charge < -0.3 is 5.32 Å². The van der Waals surface area contributed by atoms with Crippen LogP contribution in [0.25, 0.3) is 0 Å². The lowest BCUT2D eigenvalue weighted by Crippen LogP contribution is -2.50. The molecule has 18 heavy (non-hydrogen) atoms. The third-order valence-corrected chi connectivity index (χ3v) is 5.78. The molecule has 0 radical (unpaired) electrons. The molecule has 3 unspecified atom stereocenters. The zero-order valence-corrected chi connectivity index (χ0v) is 13.0. The minimum absolute atomic E-state index is 0.136. The fraction of sp³-hybridized carbons (Fsp3) is 1.00. The van der Waals surface area contributed by atoms with E-state index in [1.165, 1.54) is 0 Å². The Morgan fingerprint density at radius 2 is 1.89 bits per heavy atom. The molecule has 1 saturated heterocycles. The molecule has 0 aliphatic carbocycles. The van der Waals surface area contributed by atoms with Gasteiger partial charge in [0.05, 0.1) is 5.75 Å². The van der Waals surface area contributed by atoms with Crippen molar-refractivity contribution in [1.82, 2.24) is 9.62 Å². The predicted molar refractivity (Wildman–Crippen MR) is 76.1 cm³/mol. The van der Waals surface area contributed by atoms with Crippen molar-refractivity contribution in [3.63, 3.8) is 0 Å². The topological polar surface area (TPSA) is 49.4 Å². The van der Waals surface area contributed by atoms with Crippen molar-refractivity contribution in [2.45, 2.75) is 46.6 Å². The Morgan fingerprint density at radius 1 is 1.22 bits per heavy atom. The van der Waals surface area contributed by atoms with E-state index in [-0.39, 0.29) is 11.8 Å². The van der Waals surface area contributed by atoms with Gasteiger partial charge in [0.2, 0.25) is 10.0 Å². The molecular formula is C13H28N2O2S. The molecule has 1 rings (SSSR count). The van der Waals surface area contributed by atoms with Crippen LogP contribution in [0.2, 0.25) is 0 Å². The summed E-state index contributed by atoms with van der Waals surface area (Å²) in [6, 6.07) is 0.136. The summed E-state index contributed by atoms with van der Waals surface area (Å²) in [5.41, 5.74) is 0. The van der Waals surface area contributed by atoms with Gasteiger partial charge in [-0.25, -0.2) is 8.42 Å². The van der Waals surface area contributed by atoms with Crippen LogP contribution in [-0.4, -0.2) is 44.2 Å². The lowest BCUT2D eigenvalue weighted by Gasteiger charge is -2.40. The van der Waals surface area contributed by atoms with Crippen molar-refractivity contribution in [2.24, 2.45) is 11.8 Å². The molecule has 5 heteroatoms. The minimum Gasteiger partial charge on any atom is -0.316 e. The zero-order valence-electron chi connectivity index (χ0n) is 12.1. The molecule has 0 aromatic heterocycles. The lowest BCUT2D eigenvalue weighted by molar-refractivity contribution is 0.157. The molecule has 0 aromatic carbocycles. The van der Waals surface area contributed by atoms with E-state index in [0.717, 1.165) is 19.4 Å². The fourth-order valence-electron chi connectivity index (χ4n) is 2.65. The Labute approximate surface area is 112 Å². The smallest absolute Gasteiger partial charge is 0.215 e. The van der Waals surface area contributed by atoms with Gasteiger partial charge in [-0.05, 0) is 38.1 Å². The fourth-order valence-corrected chi connectivity index (χ4v) is 4.48. The molecule has 1 aliphatic rings. The summed E-state index contributed by atoms with van der Waals surface area (Å²) in [4.78, 5) is 0. The zero-order chi connectivity index (χ0) is 13.8. The number of piperidine rings is 1. The summed E-state index contributed by atoms with van der Waals surface area (Å²) < 4.78 is 26.4. The van der Waals surface area contributed by atoms with Crippen molar-refractivity contribution in [1.29, 1.82) is 0 Å². The minimum atomic E-state index is -3.11. The van der Waals surface area contributed by atoms with E-state index in [1.807, 2.05) is 6.92 Å². The quantitative estimate of drug-likeness (QED) is 0.751. The Bertz CT molecular complexity index is 343. The van der Waals surface area contributed by atoms with Gasteiger partial charge in [-0.3, -0.25) is 0 Å². The second-order valence-corrected chi connectivity index (χ2v) is 7.74. The first kappa shape index (κ1) is 15.9. The van der Waals surface area contributed by atoms with Gasteiger partial charge in [0.25, 0.3) is 0 Å². The molecule has 0 amide bonds. The van der Waals surface area contributed by atoms with Crippen molar-refractivity contribution in [3.8, 4) is 0 Å². The first-order valence-corrected chi connectivity index (χ1v) is 8.69. The van der Waals surface area contributed by atoms with Crippen LogP contribution in [0.1, 0.15) is 40.5 Å². The predicted octanol–water partition coefficient (Wildman–Crippen LogP) is 1.68. The number of nitrogens with zero attached hydrogens (tertiary/aromatic N) is 1. The van der Waals surface area contributed by atoms with E-state index in [9.17, 15) is 8.42 Å². The van der Waals surface area contributed by atoms with Crippen LogP contribution in [-0.2, 0) is 10.0 Å². The molecule has 0 bridgehead atoms. The Morgan fingerprint density at radius 3 is 2.50 bits per heavy atom. The van der Waals surface area contributed by atoms with E-state index in [0.29, 0.717) is 24.9 Å². The Balaban J connectivity index is 2.59. The summed E-state index contributed by atoms with van der Waals surface area (Å²) in [5.74, 6) is 1.14. The van der Waals surface area contributed by atoms with Gasteiger partial charge >= 0.3 is 0 Å². The Kier molecular flexibility index (Phi) is 6.08. The average Bonchev–Trinajstić information content (AvgIpc) is 2.29. The van der Waals surface area contributed by atoms with Crippen molar-refractivity contribution in [2.75, 3.05) is 25.4 Å². The number of rotatable bonds is 6. The molecule has 1 N–H and O–H groups in total. The number of nitrogens with one attached hydrogen (secondary N) is 1. The molecule has 0 spiro atoms. The van der Waals surface area contributed by atoms with Gasteiger partial charge in [0.1, 0.15) is 0 Å².